The monoisotopic (exact) mass is 287 g/mol. The number of hydrogen-bond acceptors (Lipinski definition) is 3. The lowest BCUT2D eigenvalue weighted by molar-refractivity contribution is -0.140. The first kappa shape index (κ1) is 18.2. The van der Waals surface area contributed by atoms with Crippen LogP contribution in [0.15, 0.2) is 0 Å². The van der Waals surface area contributed by atoms with Crippen molar-refractivity contribution in [1.29, 1.82) is 0 Å². The van der Waals surface area contributed by atoms with Crippen molar-refractivity contribution in [2.24, 2.45) is 5.92 Å². The molecule has 0 bridgehead atoms. The van der Waals surface area contributed by atoms with Crippen molar-refractivity contribution in [2.75, 3.05) is 6.54 Å². The van der Waals surface area contributed by atoms with Gasteiger partial charge in [-0.3, -0.25) is 4.79 Å². The van der Waals surface area contributed by atoms with Crippen LogP contribution in [0.5, 0.6) is 0 Å². The van der Waals surface area contributed by atoms with Gasteiger partial charge in [-0.15, -0.1) is 0 Å². The standard InChI is InChI=1S/C13H25N3O4/c1-8(2)10(11(18)19)15-12(20)14-7-6-9(17)16-13(3,4)5/h8,10H,6-7H2,1-5H3,(H,16,17)(H,18,19)(H2,14,15,20)/t10-/m1/s1. The fraction of sp³-hybridized carbons (Fsp3) is 0.769. The molecule has 0 fully saturated rings. The molecule has 0 radical (unpaired) electrons. The zero-order chi connectivity index (χ0) is 15.9. The van der Waals surface area contributed by atoms with Gasteiger partial charge in [-0.25, -0.2) is 9.59 Å². The summed E-state index contributed by atoms with van der Waals surface area (Å²) in [6.45, 7) is 9.16. The third-order valence-corrected chi connectivity index (χ3v) is 2.37. The number of carbonyl (C=O) groups excluding carboxylic acids is 2. The number of amides is 3. The van der Waals surface area contributed by atoms with Crippen molar-refractivity contribution >= 4 is 17.9 Å². The van der Waals surface area contributed by atoms with E-state index in [1.165, 1.54) is 0 Å². The van der Waals surface area contributed by atoms with Gasteiger partial charge in [0.1, 0.15) is 6.04 Å². The van der Waals surface area contributed by atoms with Crippen LogP contribution in [-0.4, -0.2) is 41.1 Å². The van der Waals surface area contributed by atoms with Gasteiger partial charge in [0.05, 0.1) is 0 Å². The van der Waals surface area contributed by atoms with Gasteiger partial charge in [0.2, 0.25) is 5.91 Å². The van der Waals surface area contributed by atoms with E-state index in [4.69, 9.17) is 5.11 Å². The minimum Gasteiger partial charge on any atom is -0.480 e. The van der Waals surface area contributed by atoms with Gasteiger partial charge in [0.25, 0.3) is 0 Å². The van der Waals surface area contributed by atoms with Crippen LogP contribution in [0.4, 0.5) is 4.79 Å². The molecule has 0 aliphatic heterocycles. The Kier molecular flexibility index (Phi) is 7.02. The smallest absolute Gasteiger partial charge is 0.326 e. The van der Waals surface area contributed by atoms with Crippen LogP contribution in [0.3, 0.4) is 0 Å². The number of nitrogens with one attached hydrogen (secondary N) is 3. The molecule has 0 rings (SSSR count). The molecule has 0 heterocycles. The highest BCUT2D eigenvalue weighted by molar-refractivity contribution is 5.83. The lowest BCUT2D eigenvalue weighted by Crippen LogP contribution is -2.49. The van der Waals surface area contributed by atoms with Crippen LogP contribution in [0.2, 0.25) is 0 Å². The van der Waals surface area contributed by atoms with E-state index < -0.39 is 18.0 Å². The third kappa shape index (κ3) is 8.34. The molecule has 0 saturated carbocycles. The first-order valence-corrected chi connectivity index (χ1v) is 6.61. The van der Waals surface area contributed by atoms with Crippen LogP contribution in [0, 0.1) is 5.92 Å². The molecular weight excluding hydrogens is 262 g/mol. The highest BCUT2D eigenvalue weighted by atomic mass is 16.4. The number of aliphatic carboxylic acids is 1. The Bertz CT molecular complexity index is 361. The van der Waals surface area contributed by atoms with Gasteiger partial charge >= 0.3 is 12.0 Å². The summed E-state index contributed by atoms with van der Waals surface area (Å²) in [6, 6.07) is -1.53. The maximum absolute atomic E-state index is 11.5. The summed E-state index contributed by atoms with van der Waals surface area (Å²) in [5.74, 6) is -1.47. The summed E-state index contributed by atoms with van der Waals surface area (Å²) in [5, 5.41) is 16.5. The fourth-order valence-electron chi connectivity index (χ4n) is 1.48. The second-order valence-corrected chi connectivity index (χ2v) is 6.01. The summed E-state index contributed by atoms with van der Waals surface area (Å²) < 4.78 is 0. The summed E-state index contributed by atoms with van der Waals surface area (Å²) in [4.78, 5) is 33.9. The van der Waals surface area contributed by atoms with Gasteiger partial charge in [-0.2, -0.15) is 0 Å². The molecule has 0 aromatic carbocycles. The molecule has 7 nitrogen and oxygen atoms in total. The maximum atomic E-state index is 11.5. The van der Waals surface area contributed by atoms with E-state index in [-0.39, 0.29) is 30.3 Å². The summed E-state index contributed by atoms with van der Waals surface area (Å²) in [5.41, 5.74) is -0.314. The quantitative estimate of drug-likeness (QED) is 0.576. The molecule has 20 heavy (non-hydrogen) atoms. The highest BCUT2D eigenvalue weighted by Crippen LogP contribution is 2.01. The first-order chi connectivity index (χ1) is 9.03. The Morgan fingerprint density at radius 2 is 1.70 bits per heavy atom. The van der Waals surface area contributed by atoms with Gasteiger partial charge < -0.3 is 21.1 Å². The van der Waals surface area contributed by atoms with Gasteiger partial charge in [0.15, 0.2) is 0 Å². The molecule has 0 aromatic rings. The van der Waals surface area contributed by atoms with E-state index in [9.17, 15) is 14.4 Å². The first-order valence-electron chi connectivity index (χ1n) is 6.61. The second-order valence-electron chi connectivity index (χ2n) is 6.01. The maximum Gasteiger partial charge on any atom is 0.326 e. The Balaban J connectivity index is 4.06. The summed E-state index contributed by atoms with van der Waals surface area (Å²) >= 11 is 0. The normalized spacial score (nSPS) is 12.7. The molecule has 0 spiro atoms. The Labute approximate surface area is 119 Å². The summed E-state index contributed by atoms with van der Waals surface area (Å²) in [6.07, 6.45) is 0.143. The van der Waals surface area contributed by atoms with Crippen molar-refractivity contribution in [1.82, 2.24) is 16.0 Å². The molecule has 0 aromatic heterocycles. The van der Waals surface area contributed by atoms with Crippen molar-refractivity contribution in [3.05, 3.63) is 0 Å². The predicted molar refractivity (Wildman–Crippen MR) is 75.3 cm³/mol. The van der Waals surface area contributed by atoms with Crippen molar-refractivity contribution in [3.63, 3.8) is 0 Å². The van der Waals surface area contributed by atoms with E-state index in [2.05, 4.69) is 16.0 Å². The second kappa shape index (κ2) is 7.72. The molecule has 7 heteroatoms. The lowest BCUT2D eigenvalue weighted by atomic mass is 10.1. The van der Waals surface area contributed by atoms with E-state index in [1.807, 2.05) is 20.8 Å². The fourth-order valence-corrected chi connectivity index (χ4v) is 1.48. The van der Waals surface area contributed by atoms with Crippen LogP contribution in [0.1, 0.15) is 41.0 Å². The zero-order valence-corrected chi connectivity index (χ0v) is 12.7. The SMILES string of the molecule is CC(C)[C@@H](NC(=O)NCCC(=O)NC(C)(C)C)C(=O)O. The van der Waals surface area contributed by atoms with Crippen LogP contribution in [-0.2, 0) is 9.59 Å². The molecule has 1 atom stereocenters. The Morgan fingerprint density at radius 1 is 1.15 bits per heavy atom. The Morgan fingerprint density at radius 3 is 2.10 bits per heavy atom. The molecule has 0 saturated heterocycles. The van der Waals surface area contributed by atoms with Crippen LogP contribution >= 0.6 is 0 Å². The minimum atomic E-state index is -1.08. The van der Waals surface area contributed by atoms with Crippen molar-refractivity contribution < 1.29 is 19.5 Å². The van der Waals surface area contributed by atoms with E-state index in [0.717, 1.165) is 0 Å². The molecule has 116 valence electrons. The Hall–Kier alpha value is -1.79. The van der Waals surface area contributed by atoms with Crippen molar-refractivity contribution in [2.45, 2.75) is 52.6 Å². The number of hydrogen-bond donors (Lipinski definition) is 4. The van der Waals surface area contributed by atoms with Crippen LogP contribution < -0.4 is 16.0 Å². The zero-order valence-electron chi connectivity index (χ0n) is 12.7. The predicted octanol–water partition coefficient (Wildman–Crippen LogP) is 0.700. The van der Waals surface area contributed by atoms with Crippen LogP contribution in [0.25, 0.3) is 0 Å². The average molecular weight is 287 g/mol. The topological polar surface area (TPSA) is 108 Å². The summed E-state index contributed by atoms with van der Waals surface area (Å²) in [7, 11) is 0. The van der Waals surface area contributed by atoms with Crippen molar-refractivity contribution in [3.8, 4) is 0 Å². The number of carboxylic acids is 1. The molecule has 3 amide bonds. The van der Waals surface area contributed by atoms with Gasteiger partial charge in [0, 0.05) is 18.5 Å². The van der Waals surface area contributed by atoms with Gasteiger partial charge in [-0.1, -0.05) is 13.8 Å². The average Bonchev–Trinajstić information content (AvgIpc) is 2.22. The third-order valence-electron chi connectivity index (χ3n) is 2.37. The number of rotatable bonds is 6. The largest absolute Gasteiger partial charge is 0.480 e. The minimum absolute atomic E-state index is 0.143. The molecular formula is C13H25N3O4. The number of urea groups is 1. The molecule has 0 unspecified atom stereocenters. The molecule has 0 aliphatic rings. The van der Waals surface area contributed by atoms with Gasteiger partial charge in [-0.05, 0) is 26.7 Å². The molecule has 0 aliphatic carbocycles. The number of carboxylic acid groups (broad SMARTS) is 1. The lowest BCUT2D eigenvalue weighted by Gasteiger charge is -2.21. The number of carbonyl (C=O) groups is 3. The van der Waals surface area contributed by atoms with E-state index >= 15 is 0 Å². The van der Waals surface area contributed by atoms with E-state index in [1.54, 1.807) is 13.8 Å². The highest BCUT2D eigenvalue weighted by Gasteiger charge is 2.23. The van der Waals surface area contributed by atoms with E-state index in [0.29, 0.717) is 0 Å². The molecule has 4 N–H and O–H groups in total.